The second kappa shape index (κ2) is 4.22. The Labute approximate surface area is 102 Å². The molecule has 1 aromatic carbocycles. The minimum Gasteiger partial charge on any atom is -0.385 e. The van der Waals surface area contributed by atoms with E-state index in [4.69, 9.17) is 17.3 Å². The number of nitrogens with one attached hydrogen (secondary N) is 1. The Hall–Kier alpha value is -1.81. The Morgan fingerprint density at radius 2 is 2.00 bits per heavy atom. The summed E-state index contributed by atoms with van der Waals surface area (Å²) in [4.78, 5) is 13.7. The Bertz CT molecular complexity index is 637. The van der Waals surface area contributed by atoms with Crippen LogP contribution in [0, 0.1) is 12.7 Å². The van der Waals surface area contributed by atoms with Crippen LogP contribution in [0.1, 0.15) is 5.56 Å². The average Bonchev–Trinajstić information content (AvgIpc) is 2.22. The number of pyridine rings is 1. The molecule has 2 aromatic rings. The second-order valence-electron chi connectivity index (χ2n) is 3.77. The van der Waals surface area contributed by atoms with Gasteiger partial charge in [-0.15, -0.1) is 0 Å². The van der Waals surface area contributed by atoms with Gasteiger partial charge in [0.1, 0.15) is 11.6 Å². The van der Waals surface area contributed by atoms with Crippen molar-refractivity contribution >= 4 is 17.4 Å². The molecule has 3 N–H and O–H groups in total. The van der Waals surface area contributed by atoms with Crippen LogP contribution in [-0.2, 0) is 0 Å². The molecule has 0 saturated carbocycles. The van der Waals surface area contributed by atoms with Crippen molar-refractivity contribution in [2.45, 2.75) is 6.92 Å². The minimum atomic E-state index is -0.372. The van der Waals surface area contributed by atoms with Gasteiger partial charge in [-0.05, 0) is 36.2 Å². The summed E-state index contributed by atoms with van der Waals surface area (Å²) in [5.74, 6) is -0.159. The zero-order valence-electron chi connectivity index (χ0n) is 9.05. The summed E-state index contributed by atoms with van der Waals surface area (Å²) < 4.78 is 13.5. The molecule has 1 aromatic heterocycles. The van der Waals surface area contributed by atoms with Crippen LogP contribution in [0.25, 0.3) is 11.1 Å². The number of hydrogen-bond acceptors (Lipinski definition) is 2. The number of benzene rings is 1. The fraction of sp³-hybridized carbons (Fsp3) is 0.0833. The molecule has 0 fully saturated rings. The van der Waals surface area contributed by atoms with Gasteiger partial charge in [-0.3, -0.25) is 4.79 Å². The van der Waals surface area contributed by atoms with E-state index in [9.17, 15) is 9.18 Å². The van der Waals surface area contributed by atoms with E-state index in [1.54, 1.807) is 6.92 Å². The number of nitrogens with two attached hydrogens (primary N) is 1. The molecular weight excluding hydrogens is 243 g/mol. The number of H-pyrrole nitrogens is 1. The van der Waals surface area contributed by atoms with E-state index in [1.165, 1.54) is 24.3 Å². The fourth-order valence-electron chi connectivity index (χ4n) is 1.59. The monoisotopic (exact) mass is 252 g/mol. The molecule has 0 aliphatic carbocycles. The van der Waals surface area contributed by atoms with E-state index in [0.29, 0.717) is 21.7 Å². The van der Waals surface area contributed by atoms with Crippen LogP contribution >= 0.6 is 11.6 Å². The lowest BCUT2D eigenvalue weighted by Gasteiger charge is -2.07. The lowest BCUT2D eigenvalue weighted by Crippen LogP contribution is -2.07. The van der Waals surface area contributed by atoms with Crippen LogP contribution in [-0.4, -0.2) is 4.98 Å². The normalized spacial score (nSPS) is 10.5. The van der Waals surface area contributed by atoms with Crippen LogP contribution in [0.4, 0.5) is 10.2 Å². The van der Waals surface area contributed by atoms with Crippen molar-refractivity contribution in [1.29, 1.82) is 0 Å². The van der Waals surface area contributed by atoms with Crippen molar-refractivity contribution in [2.75, 3.05) is 5.73 Å². The molecular formula is C12H10ClFN2O. The number of anilines is 1. The molecule has 0 amide bonds. The van der Waals surface area contributed by atoms with Gasteiger partial charge in [-0.2, -0.15) is 0 Å². The van der Waals surface area contributed by atoms with Gasteiger partial charge < -0.3 is 10.7 Å². The number of halogens is 2. The van der Waals surface area contributed by atoms with E-state index in [1.807, 2.05) is 0 Å². The van der Waals surface area contributed by atoms with E-state index < -0.39 is 0 Å². The first-order valence-electron chi connectivity index (χ1n) is 4.93. The average molecular weight is 253 g/mol. The lowest BCUT2D eigenvalue weighted by molar-refractivity contribution is 0.619. The van der Waals surface area contributed by atoms with Gasteiger partial charge in [0.05, 0.1) is 0 Å². The largest absolute Gasteiger partial charge is 0.385 e. The molecule has 5 heteroatoms. The first-order chi connectivity index (χ1) is 7.97. The highest BCUT2D eigenvalue weighted by Gasteiger charge is 2.09. The molecule has 0 spiro atoms. The van der Waals surface area contributed by atoms with Crippen LogP contribution in [0.15, 0.2) is 29.1 Å². The maximum Gasteiger partial charge on any atom is 0.250 e. The zero-order chi connectivity index (χ0) is 12.6. The van der Waals surface area contributed by atoms with Gasteiger partial charge in [0.25, 0.3) is 0 Å². The molecule has 0 atom stereocenters. The van der Waals surface area contributed by atoms with E-state index in [-0.39, 0.29) is 17.2 Å². The summed E-state index contributed by atoms with van der Waals surface area (Å²) in [6.07, 6.45) is 0. The molecule has 1 heterocycles. The maximum atomic E-state index is 13.5. The number of nitrogen functional groups attached to an aromatic ring is 1. The quantitative estimate of drug-likeness (QED) is 0.820. The molecule has 0 bridgehead atoms. The Morgan fingerprint density at radius 3 is 2.65 bits per heavy atom. The van der Waals surface area contributed by atoms with Crippen molar-refractivity contribution in [3.8, 4) is 11.1 Å². The van der Waals surface area contributed by atoms with Gasteiger partial charge >= 0.3 is 0 Å². The predicted octanol–water partition coefficient (Wildman–Crippen LogP) is 2.73. The first kappa shape index (κ1) is 11.7. The molecule has 0 saturated heterocycles. The standard InChI is InChI=1S/C12H10ClFN2O/c1-6-2-9(13)8(5-10(6)14)7-3-11(15)16-12(17)4-7/h2-5H,1H3,(H3,15,16,17). The summed E-state index contributed by atoms with van der Waals surface area (Å²) in [7, 11) is 0. The molecule has 0 aliphatic heterocycles. The summed E-state index contributed by atoms with van der Waals surface area (Å²) in [6.45, 7) is 1.62. The summed E-state index contributed by atoms with van der Waals surface area (Å²) >= 11 is 6.02. The van der Waals surface area contributed by atoms with Gasteiger partial charge in [-0.1, -0.05) is 11.6 Å². The number of rotatable bonds is 1. The molecule has 0 radical (unpaired) electrons. The van der Waals surface area contributed by atoms with Crippen molar-refractivity contribution in [2.24, 2.45) is 0 Å². The summed E-state index contributed by atoms with van der Waals surface area (Å²) in [6, 6.07) is 5.68. The third kappa shape index (κ3) is 2.31. The van der Waals surface area contributed by atoms with E-state index in [0.717, 1.165) is 0 Å². The number of aromatic amines is 1. The van der Waals surface area contributed by atoms with Crippen LogP contribution in [0.5, 0.6) is 0 Å². The zero-order valence-corrected chi connectivity index (χ0v) is 9.81. The van der Waals surface area contributed by atoms with E-state index in [2.05, 4.69) is 4.98 Å². The second-order valence-corrected chi connectivity index (χ2v) is 4.18. The highest BCUT2D eigenvalue weighted by molar-refractivity contribution is 6.33. The van der Waals surface area contributed by atoms with Crippen LogP contribution in [0.3, 0.4) is 0 Å². The van der Waals surface area contributed by atoms with Gasteiger partial charge in [0.15, 0.2) is 0 Å². The minimum absolute atomic E-state index is 0.213. The fourth-order valence-corrected chi connectivity index (χ4v) is 1.92. The molecule has 2 rings (SSSR count). The van der Waals surface area contributed by atoms with Crippen LogP contribution in [0.2, 0.25) is 5.02 Å². The molecule has 0 unspecified atom stereocenters. The maximum absolute atomic E-state index is 13.5. The third-order valence-electron chi connectivity index (χ3n) is 2.42. The number of aryl methyl sites for hydroxylation is 1. The van der Waals surface area contributed by atoms with Crippen molar-refractivity contribution in [3.63, 3.8) is 0 Å². The summed E-state index contributed by atoms with van der Waals surface area (Å²) in [5, 5.41) is 0.383. The van der Waals surface area contributed by atoms with Gasteiger partial charge in [0.2, 0.25) is 5.56 Å². The lowest BCUT2D eigenvalue weighted by atomic mass is 10.0. The molecule has 88 valence electrons. The molecule has 17 heavy (non-hydrogen) atoms. The van der Waals surface area contributed by atoms with E-state index >= 15 is 0 Å². The van der Waals surface area contributed by atoms with Crippen molar-refractivity contribution in [1.82, 2.24) is 4.98 Å². The highest BCUT2D eigenvalue weighted by atomic mass is 35.5. The molecule has 0 aliphatic rings. The van der Waals surface area contributed by atoms with Crippen molar-refractivity contribution in [3.05, 3.63) is 51.0 Å². The topological polar surface area (TPSA) is 58.9 Å². The third-order valence-corrected chi connectivity index (χ3v) is 2.74. The van der Waals surface area contributed by atoms with Crippen LogP contribution < -0.4 is 11.3 Å². The Morgan fingerprint density at radius 1 is 1.29 bits per heavy atom. The van der Waals surface area contributed by atoms with Gasteiger partial charge in [-0.25, -0.2) is 4.39 Å². The molecule has 3 nitrogen and oxygen atoms in total. The number of aromatic nitrogens is 1. The number of hydrogen-bond donors (Lipinski definition) is 2. The SMILES string of the molecule is Cc1cc(Cl)c(-c2cc(N)[nH]c(=O)c2)cc1F. The summed E-state index contributed by atoms with van der Waals surface area (Å²) in [5.41, 5.74) is 6.57. The first-order valence-corrected chi connectivity index (χ1v) is 5.31. The van der Waals surface area contributed by atoms with Gasteiger partial charge in [0, 0.05) is 16.7 Å². The van der Waals surface area contributed by atoms with Crippen molar-refractivity contribution < 1.29 is 4.39 Å². The predicted molar refractivity (Wildman–Crippen MR) is 66.6 cm³/mol. The smallest absolute Gasteiger partial charge is 0.250 e. The Balaban J connectivity index is 2.68. The highest BCUT2D eigenvalue weighted by Crippen LogP contribution is 2.29. The Kier molecular flexibility index (Phi) is 2.90.